The first-order valence-electron chi connectivity index (χ1n) is 17.1. The molecule has 11 rings (SSSR count). The third-order valence-electron chi connectivity index (χ3n) is 10.1. The van der Waals surface area contributed by atoms with E-state index in [4.69, 9.17) is 9.98 Å². The smallest absolute Gasteiger partial charge is 0.160 e. The molecule has 0 radical (unpaired) electrons. The summed E-state index contributed by atoms with van der Waals surface area (Å²) in [4.78, 5) is 10.6. The predicted octanol–water partition coefficient (Wildman–Crippen LogP) is 12.0. The molecule has 0 saturated heterocycles. The molecule has 3 aromatic heterocycles. The fourth-order valence-electron chi connectivity index (χ4n) is 7.73. The maximum absolute atomic E-state index is 5.32. The lowest BCUT2D eigenvalue weighted by Crippen LogP contribution is -2.33. The molecular formula is C45H28N4S2. The van der Waals surface area contributed by atoms with Crippen molar-refractivity contribution in [2.45, 2.75) is 6.17 Å². The maximum Gasteiger partial charge on any atom is 0.160 e. The minimum absolute atomic E-state index is 0.285. The van der Waals surface area contributed by atoms with Crippen LogP contribution in [0.25, 0.3) is 67.8 Å². The molecule has 1 aliphatic rings. The molecule has 0 bridgehead atoms. The van der Waals surface area contributed by atoms with Crippen LogP contribution >= 0.6 is 22.7 Å². The molecular weight excluding hydrogens is 661 g/mol. The first kappa shape index (κ1) is 28.7. The molecule has 0 saturated carbocycles. The van der Waals surface area contributed by atoms with Crippen LogP contribution in [0.1, 0.15) is 22.9 Å². The Kier molecular flexibility index (Phi) is 6.32. The second kappa shape index (κ2) is 11.2. The van der Waals surface area contributed by atoms with E-state index in [2.05, 4.69) is 162 Å². The Morgan fingerprint density at radius 1 is 0.510 bits per heavy atom. The minimum atomic E-state index is -0.285. The summed E-state index contributed by atoms with van der Waals surface area (Å²) in [7, 11) is 0. The van der Waals surface area contributed by atoms with Gasteiger partial charge in [-0.1, -0.05) is 121 Å². The van der Waals surface area contributed by atoms with E-state index < -0.39 is 0 Å². The average Bonchev–Trinajstić information content (AvgIpc) is 3.87. The van der Waals surface area contributed by atoms with Crippen molar-refractivity contribution in [3.63, 3.8) is 0 Å². The topological polar surface area (TPSA) is 41.7 Å². The van der Waals surface area contributed by atoms with Crippen LogP contribution in [0.15, 0.2) is 168 Å². The first-order chi connectivity index (χ1) is 25.3. The van der Waals surface area contributed by atoms with Crippen LogP contribution in [0.4, 0.5) is 0 Å². The van der Waals surface area contributed by atoms with Crippen LogP contribution in [0, 0.1) is 0 Å². The summed E-state index contributed by atoms with van der Waals surface area (Å²) >= 11 is 3.67. The first-order valence-corrected chi connectivity index (χ1v) is 18.7. The Morgan fingerprint density at radius 3 is 1.94 bits per heavy atom. The number of nitrogens with zero attached hydrogens (tertiary/aromatic N) is 3. The molecule has 7 aromatic carbocycles. The van der Waals surface area contributed by atoms with Crippen molar-refractivity contribution in [2.75, 3.05) is 0 Å². The molecule has 1 N–H and O–H groups in total. The summed E-state index contributed by atoms with van der Waals surface area (Å²) in [5, 5.41) is 11.3. The van der Waals surface area contributed by atoms with Gasteiger partial charge in [-0.25, -0.2) is 9.98 Å². The summed E-state index contributed by atoms with van der Waals surface area (Å²) in [6.07, 6.45) is -0.285. The summed E-state index contributed by atoms with van der Waals surface area (Å²) in [6.45, 7) is 0. The fourth-order valence-corrected chi connectivity index (χ4v) is 10.1. The Labute approximate surface area is 301 Å². The number of thiophene rings is 2. The third-order valence-corrected chi connectivity index (χ3v) is 12.5. The number of aromatic nitrogens is 1. The molecule has 1 unspecified atom stereocenters. The minimum Gasteiger partial charge on any atom is -0.344 e. The molecule has 51 heavy (non-hydrogen) atoms. The fraction of sp³-hybridized carbons (Fsp3) is 0.0222. The molecule has 240 valence electrons. The zero-order chi connectivity index (χ0) is 33.5. The number of fused-ring (bicyclic) bond motifs is 9. The van der Waals surface area contributed by atoms with Gasteiger partial charge < -0.3 is 9.88 Å². The zero-order valence-corrected chi connectivity index (χ0v) is 28.9. The molecule has 6 heteroatoms. The number of para-hydroxylation sites is 1. The predicted molar refractivity (Wildman–Crippen MR) is 218 cm³/mol. The Morgan fingerprint density at radius 2 is 1.14 bits per heavy atom. The van der Waals surface area contributed by atoms with Gasteiger partial charge in [0.05, 0.1) is 21.4 Å². The second-order valence-corrected chi connectivity index (χ2v) is 15.1. The molecule has 0 spiro atoms. The highest BCUT2D eigenvalue weighted by molar-refractivity contribution is 7.26. The number of aliphatic imine (C=N–C) groups is 2. The van der Waals surface area contributed by atoms with E-state index in [0.29, 0.717) is 0 Å². The van der Waals surface area contributed by atoms with E-state index in [1.807, 2.05) is 28.7 Å². The van der Waals surface area contributed by atoms with Gasteiger partial charge in [0.15, 0.2) is 5.84 Å². The van der Waals surface area contributed by atoms with Gasteiger partial charge in [0.2, 0.25) is 0 Å². The number of benzene rings is 7. The number of rotatable bonds is 4. The second-order valence-electron chi connectivity index (χ2n) is 13.0. The van der Waals surface area contributed by atoms with Crippen molar-refractivity contribution in [2.24, 2.45) is 9.98 Å². The van der Waals surface area contributed by atoms with Crippen LogP contribution < -0.4 is 5.32 Å². The number of amidine groups is 2. The molecule has 4 heterocycles. The molecule has 4 nitrogen and oxygen atoms in total. The summed E-state index contributed by atoms with van der Waals surface area (Å²) in [5.41, 5.74) is 6.70. The van der Waals surface area contributed by atoms with Crippen LogP contribution in [0.3, 0.4) is 0 Å². The Bertz CT molecular complexity index is 3070. The van der Waals surface area contributed by atoms with Gasteiger partial charge in [-0.15, -0.1) is 22.7 Å². The van der Waals surface area contributed by atoms with Crippen molar-refractivity contribution >= 4 is 96.5 Å². The van der Waals surface area contributed by atoms with Gasteiger partial charge in [0, 0.05) is 57.5 Å². The molecule has 1 atom stereocenters. The van der Waals surface area contributed by atoms with Gasteiger partial charge in [0.25, 0.3) is 0 Å². The van der Waals surface area contributed by atoms with Crippen molar-refractivity contribution in [1.29, 1.82) is 0 Å². The molecule has 1 aliphatic heterocycles. The van der Waals surface area contributed by atoms with E-state index in [-0.39, 0.29) is 6.17 Å². The zero-order valence-electron chi connectivity index (χ0n) is 27.2. The highest BCUT2D eigenvalue weighted by atomic mass is 32.1. The third kappa shape index (κ3) is 4.43. The summed E-state index contributed by atoms with van der Waals surface area (Å²) < 4.78 is 7.51. The quantitative estimate of drug-likeness (QED) is 0.196. The van der Waals surface area contributed by atoms with Crippen LogP contribution in [-0.2, 0) is 0 Å². The highest BCUT2D eigenvalue weighted by Gasteiger charge is 2.24. The lowest BCUT2D eigenvalue weighted by atomic mass is 10.1. The Balaban J connectivity index is 1.14. The van der Waals surface area contributed by atoms with Gasteiger partial charge >= 0.3 is 0 Å². The van der Waals surface area contributed by atoms with Crippen LogP contribution in [0.5, 0.6) is 0 Å². The van der Waals surface area contributed by atoms with Crippen LogP contribution in [0.2, 0.25) is 0 Å². The monoisotopic (exact) mass is 688 g/mol. The Hall–Kier alpha value is -6.08. The highest BCUT2D eigenvalue weighted by Crippen LogP contribution is 2.41. The SMILES string of the molecule is c1ccc(C2N=C(c3cccc4c3sc3ccccc34)N=C(c3ccc4c5ccccc5n(-c5cccc6c5sc5ccccc56)c4c3)N2)cc1. The maximum atomic E-state index is 5.32. The van der Waals surface area contributed by atoms with Crippen LogP contribution in [-0.4, -0.2) is 16.2 Å². The van der Waals surface area contributed by atoms with E-state index in [1.165, 1.54) is 62.3 Å². The lowest BCUT2D eigenvalue weighted by molar-refractivity contribution is 0.674. The summed E-state index contributed by atoms with van der Waals surface area (Å²) in [6, 6.07) is 56.5. The van der Waals surface area contributed by atoms with E-state index >= 15 is 0 Å². The van der Waals surface area contributed by atoms with Gasteiger partial charge in [-0.2, -0.15) is 0 Å². The summed E-state index contributed by atoms with van der Waals surface area (Å²) in [5.74, 6) is 1.55. The standard InChI is InChI=1S/C45H28N4S2/c1-2-12-27(13-3-1)43-46-44(48-45(47-43)35-19-10-17-33-31-15-5-8-22-39(31)50-41(33)35)28-24-25-30-29-14-4-7-20-36(29)49(38(30)26-28)37-21-11-18-34-32-16-6-9-23-40(32)51-42(34)37/h1-26,43H,(H,46,47,48). The van der Waals surface area contributed by atoms with Crippen molar-refractivity contribution < 1.29 is 0 Å². The average molecular weight is 689 g/mol. The van der Waals surface area contributed by atoms with Crippen molar-refractivity contribution in [1.82, 2.24) is 9.88 Å². The van der Waals surface area contributed by atoms with Gasteiger partial charge in [0.1, 0.15) is 12.0 Å². The lowest BCUT2D eigenvalue weighted by Gasteiger charge is -2.24. The van der Waals surface area contributed by atoms with Gasteiger partial charge in [-0.3, -0.25) is 0 Å². The number of hydrogen-bond acceptors (Lipinski definition) is 5. The number of nitrogens with one attached hydrogen (secondary N) is 1. The molecule has 0 amide bonds. The van der Waals surface area contributed by atoms with E-state index in [9.17, 15) is 0 Å². The molecule has 10 aromatic rings. The largest absolute Gasteiger partial charge is 0.344 e. The van der Waals surface area contributed by atoms with E-state index in [0.717, 1.165) is 33.9 Å². The molecule has 0 fully saturated rings. The molecule has 0 aliphatic carbocycles. The number of hydrogen-bond donors (Lipinski definition) is 1. The normalized spacial score (nSPS) is 14.9. The van der Waals surface area contributed by atoms with Crippen molar-refractivity contribution in [3.8, 4) is 5.69 Å². The van der Waals surface area contributed by atoms with Gasteiger partial charge in [-0.05, 0) is 42.0 Å². The van der Waals surface area contributed by atoms with Crippen molar-refractivity contribution in [3.05, 3.63) is 174 Å². The van der Waals surface area contributed by atoms with E-state index in [1.54, 1.807) is 0 Å².